The molecule has 0 fully saturated rings. The van der Waals surface area contributed by atoms with Crippen molar-refractivity contribution in [1.29, 1.82) is 0 Å². The lowest BCUT2D eigenvalue weighted by atomic mass is 10.2. The SMILES string of the molecule is O=C(COc1ccccc1)N/N=C/c1ccc(OCC(=O)Nc2ccc(F)cc2)cc1. The van der Waals surface area contributed by atoms with E-state index >= 15 is 0 Å². The highest BCUT2D eigenvalue weighted by Crippen LogP contribution is 2.12. The number of nitrogens with zero attached hydrogens (tertiary/aromatic N) is 1. The van der Waals surface area contributed by atoms with Gasteiger partial charge in [-0.15, -0.1) is 0 Å². The molecule has 0 spiro atoms. The molecule has 0 aliphatic carbocycles. The first-order valence-electron chi connectivity index (χ1n) is 9.36. The number of carbonyl (C=O) groups excluding carboxylic acids is 2. The first-order chi connectivity index (χ1) is 15.1. The first-order valence-corrected chi connectivity index (χ1v) is 9.36. The second kappa shape index (κ2) is 11.1. The van der Waals surface area contributed by atoms with Crippen LogP contribution in [0.15, 0.2) is 84.0 Å². The molecule has 31 heavy (non-hydrogen) atoms. The quantitative estimate of drug-likeness (QED) is 0.410. The number of anilines is 1. The Morgan fingerprint density at radius 3 is 2.10 bits per heavy atom. The molecule has 0 aliphatic heterocycles. The number of hydrogen-bond donors (Lipinski definition) is 2. The molecule has 0 radical (unpaired) electrons. The van der Waals surface area contributed by atoms with E-state index in [9.17, 15) is 14.0 Å². The molecule has 0 unspecified atom stereocenters. The van der Waals surface area contributed by atoms with Gasteiger partial charge < -0.3 is 14.8 Å². The minimum Gasteiger partial charge on any atom is -0.484 e. The molecule has 3 rings (SSSR count). The average Bonchev–Trinajstić information content (AvgIpc) is 2.79. The number of halogens is 1. The topological polar surface area (TPSA) is 89.0 Å². The van der Waals surface area contributed by atoms with Gasteiger partial charge in [0.2, 0.25) is 0 Å². The van der Waals surface area contributed by atoms with E-state index in [4.69, 9.17) is 9.47 Å². The lowest BCUT2D eigenvalue weighted by molar-refractivity contribution is -0.123. The lowest BCUT2D eigenvalue weighted by Crippen LogP contribution is -2.24. The van der Waals surface area contributed by atoms with Crippen LogP contribution in [0.25, 0.3) is 0 Å². The standard InChI is InChI=1S/C23H20FN3O4/c24-18-8-10-19(11-9-18)26-22(28)15-30-21-12-6-17(7-13-21)14-25-27-23(29)16-31-20-4-2-1-3-5-20/h1-14H,15-16H2,(H,26,28)(H,27,29)/b25-14+. The van der Waals surface area contributed by atoms with Crippen LogP contribution in [0.4, 0.5) is 10.1 Å². The highest BCUT2D eigenvalue weighted by molar-refractivity contribution is 5.91. The molecule has 7 nitrogen and oxygen atoms in total. The fourth-order valence-corrected chi connectivity index (χ4v) is 2.41. The summed E-state index contributed by atoms with van der Waals surface area (Å²) in [5.41, 5.74) is 3.59. The maximum atomic E-state index is 12.9. The fraction of sp³-hybridized carbons (Fsp3) is 0.0870. The Hall–Kier alpha value is -4.20. The number of hydrazone groups is 1. The van der Waals surface area contributed by atoms with Gasteiger partial charge in [-0.1, -0.05) is 18.2 Å². The van der Waals surface area contributed by atoms with Gasteiger partial charge >= 0.3 is 0 Å². The van der Waals surface area contributed by atoms with Crippen molar-refractivity contribution in [3.8, 4) is 11.5 Å². The molecule has 0 atom stereocenters. The Labute approximate surface area is 178 Å². The molecule has 0 saturated heterocycles. The van der Waals surface area contributed by atoms with E-state index in [2.05, 4.69) is 15.8 Å². The van der Waals surface area contributed by atoms with Gasteiger partial charge in [-0.25, -0.2) is 9.82 Å². The third kappa shape index (κ3) is 7.62. The third-order valence-electron chi connectivity index (χ3n) is 3.89. The Morgan fingerprint density at radius 1 is 0.806 bits per heavy atom. The van der Waals surface area contributed by atoms with Crippen LogP contribution in [0, 0.1) is 5.82 Å². The van der Waals surface area contributed by atoms with Crippen molar-refractivity contribution in [3.63, 3.8) is 0 Å². The summed E-state index contributed by atoms with van der Waals surface area (Å²) in [4.78, 5) is 23.6. The van der Waals surface area contributed by atoms with E-state index in [1.807, 2.05) is 18.2 Å². The lowest BCUT2D eigenvalue weighted by Gasteiger charge is -2.07. The maximum Gasteiger partial charge on any atom is 0.277 e. The summed E-state index contributed by atoms with van der Waals surface area (Å²) >= 11 is 0. The van der Waals surface area contributed by atoms with E-state index in [0.717, 1.165) is 5.56 Å². The molecule has 0 aromatic heterocycles. The number of amides is 2. The number of rotatable bonds is 9. The zero-order chi connectivity index (χ0) is 21.9. The average molecular weight is 421 g/mol. The van der Waals surface area contributed by atoms with Crippen molar-refractivity contribution in [2.24, 2.45) is 5.10 Å². The Morgan fingerprint density at radius 2 is 1.42 bits per heavy atom. The van der Waals surface area contributed by atoms with Crippen LogP contribution in [0.2, 0.25) is 0 Å². The minimum atomic E-state index is -0.382. The van der Waals surface area contributed by atoms with Gasteiger partial charge in [0.05, 0.1) is 6.21 Å². The maximum absolute atomic E-state index is 12.9. The van der Waals surface area contributed by atoms with Crippen LogP contribution in [0.3, 0.4) is 0 Å². The van der Waals surface area contributed by atoms with E-state index < -0.39 is 0 Å². The highest BCUT2D eigenvalue weighted by Gasteiger charge is 2.04. The van der Waals surface area contributed by atoms with Crippen molar-refractivity contribution >= 4 is 23.7 Å². The van der Waals surface area contributed by atoms with Gasteiger partial charge in [0.25, 0.3) is 11.8 Å². The zero-order valence-corrected chi connectivity index (χ0v) is 16.5. The summed E-state index contributed by atoms with van der Waals surface area (Å²) in [6.07, 6.45) is 1.48. The predicted molar refractivity (Wildman–Crippen MR) is 115 cm³/mol. The number of para-hydroxylation sites is 1. The Kier molecular flexibility index (Phi) is 7.70. The molecular formula is C23H20FN3O4. The normalized spacial score (nSPS) is 10.5. The molecule has 2 N–H and O–H groups in total. The fourth-order valence-electron chi connectivity index (χ4n) is 2.41. The van der Waals surface area contributed by atoms with Crippen LogP contribution in [-0.2, 0) is 9.59 Å². The van der Waals surface area contributed by atoms with Crippen molar-refractivity contribution < 1.29 is 23.5 Å². The van der Waals surface area contributed by atoms with Gasteiger partial charge in [0, 0.05) is 5.69 Å². The highest BCUT2D eigenvalue weighted by atomic mass is 19.1. The summed E-state index contributed by atoms with van der Waals surface area (Å²) in [6.45, 7) is -0.337. The van der Waals surface area contributed by atoms with Crippen LogP contribution in [-0.4, -0.2) is 31.2 Å². The molecule has 3 aromatic carbocycles. The Bertz CT molecular complexity index is 1020. The number of hydrogen-bond acceptors (Lipinski definition) is 5. The van der Waals surface area contributed by atoms with Crippen molar-refractivity contribution in [1.82, 2.24) is 5.43 Å². The van der Waals surface area contributed by atoms with Crippen LogP contribution in [0.5, 0.6) is 11.5 Å². The van der Waals surface area contributed by atoms with E-state index in [0.29, 0.717) is 17.2 Å². The minimum absolute atomic E-state index is 0.145. The van der Waals surface area contributed by atoms with Gasteiger partial charge in [0.1, 0.15) is 17.3 Å². The largest absolute Gasteiger partial charge is 0.484 e. The summed E-state index contributed by atoms with van der Waals surface area (Å²) in [7, 11) is 0. The number of nitrogens with one attached hydrogen (secondary N) is 2. The van der Waals surface area contributed by atoms with Crippen LogP contribution >= 0.6 is 0 Å². The number of carbonyl (C=O) groups is 2. The molecule has 0 bridgehead atoms. The summed E-state index contributed by atoms with van der Waals surface area (Å²) in [6, 6.07) is 21.3. The van der Waals surface area contributed by atoms with Crippen molar-refractivity contribution in [3.05, 3.63) is 90.2 Å². The van der Waals surface area contributed by atoms with Gasteiger partial charge in [-0.05, 0) is 66.2 Å². The first kappa shape index (κ1) is 21.5. The van der Waals surface area contributed by atoms with Crippen molar-refractivity contribution in [2.75, 3.05) is 18.5 Å². The summed E-state index contributed by atoms with van der Waals surface area (Å²) in [5, 5.41) is 6.48. The van der Waals surface area contributed by atoms with E-state index in [-0.39, 0.29) is 30.8 Å². The number of ether oxygens (including phenoxy) is 2. The van der Waals surface area contributed by atoms with Crippen LogP contribution < -0.4 is 20.2 Å². The van der Waals surface area contributed by atoms with Crippen molar-refractivity contribution in [2.45, 2.75) is 0 Å². The molecule has 0 saturated carbocycles. The third-order valence-corrected chi connectivity index (χ3v) is 3.89. The smallest absolute Gasteiger partial charge is 0.277 e. The monoisotopic (exact) mass is 421 g/mol. The Balaban J connectivity index is 1.38. The molecule has 158 valence electrons. The van der Waals surface area contributed by atoms with Gasteiger partial charge in [0.15, 0.2) is 13.2 Å². The van der Waals surface area contributed by atoms with Gasteiger partial charge in [-0.2, -0.15) is 5.10 Å². The molecule has 0 aliphatic rings. The second-order valence-corrected chi connectivity index (χ2v) is 6.31. The van der Waals surface area contributed by atoms with E-state index in [1.54, 1.807) is 36.4 Å². The number of benzene rings is 3. The molecule has 8 heteroatoms. The van der Waals surface area contributed by atoms with Crippen LogP contribution in [0.1, 0.15) is 5.56 Å². The van der Waals surface area contributed by atoms with E-state index in [1.165, 1.54) is 30.5 Å². The molecule has 2 amide bonds. The molecular weight excluding hydrogens is 401 g/mol. The molecule has 3 aromatic rings. The van der Waals surface area contributed by atoms with Gasteiger partial charge in [-0.3, -0.25) is 9.59 Å². The predicted octanol–water partition coefficient (Wildman–Crippen LogP) is 3.37. The summed E-state index contributed by atoms with van der Waals surface area (Å²) < 4.78 is 23.6. The summed E-state index contributed by atoms with van der Waals surface area (Å²) in [5.74, 6) is -0.0295. The zero-order valence-electron chi connectivity index (χ0n) is 16.5. The second-order valence-electron chi connectivity index (χ2n) is 6.31. The molecule has 0 heterocycles.